The third kappa shape index (κ3) is 18.8. The monoisotopic (exact) mass is 737 g/mol. The molecule has 3 aliphatic rings. The Morgan fingerprint density at radius 3 is 1.90 bits per heavy atom. The highest BCUT2D eigenvalue weighted by Crippen LogP contribution is 2.48. The summed E-state index contributed by atoms with van der Waals surface area (Å²) in [5, 5.41) is 54.2. The van der Waals surface area contributed by atoms with Crippen LogP contribution in [0.1, 0.15) is 119 Å². The lowest BCUT2D eigenvalue weighted by atomic mass is 9.64. The molecule has 2 saturated carbocycles. The van der Waals surface area contributed by atoms with Crippen LogP contribution in [0, 0.1) is 54.3 Å². The zero-order valence-corrected chi connectivity index (χ0v) is 33.1. The topological polar surface area (TPSA) is 177 Å². The second kappa shape index (κ2) is 27.6. The molecule has 0 bridgehead atoms. The summed E-state index contributed by atoms with van der Waals surface area (Å²) in [6, 6.07) is 0. The van der Waals surface area contributed by atoms with Gasteiger partial charge in [0.15, 0.2) is 11.6 Å². The van der Waals surface area contributed by atoms with Crippen molar-refractivity contribution in [1.29, 1.82) is 0 Å². The minimum atomic E-state index is -0.886. The van der Waals surface area contributed by atoms with Crippen molar-refractivity contribution in [2.24, 2.45) is 41.4 Å². The van der Waals surface area contributed by atoms with Crippen molar-refractivity contribution in [1.82, 2.24) is 0 Å². The molecule has 0 radical (unpaired) electrons. The maximum absolute atomic E-state index is 9.96. The Morgan fingerprint density at radius 2 is 1.41 bits per heavy atom. The molecule has 1 aliphatic heterocycles. The van der Waals surface area contributed by atoms with Gasteiger partial charge in [-0.15, -0.1) is 12.8 Å². The summed E-state index contributed by atoms with van der Waals surface area (Å²) in [5.74, 6) is 1.70. The first-order valence-corrected chi connectivity index (χ1v) is 19.2. The Hall–Kier alpha value is -0.920. The van der Waals surface area contributed by atoms with Crippen molar-refractivity contribution in [3.63, 3.8) is 0 Å². The first kappa shape index (κ1) is 50.1. The fourth-order valence-electron chi connectivity index (χ4n) is 8.00. The number of aliphatic hydroxyl groups excluding tert-OH is 4. The van der Waals surface area contributed by atoms with Gasteiger partial charge < -0.3 is 39.4 Å². The van der Waals surface area contributed by atoms with E-state index in [2.05, 4.69) is 43.4 Å². The number of ether oxygens (including phenoxy) is 4. The lowest BCUT2D eigenvalue weighted by Gasteiger charge is -2.43. The second-order valence-electron chi connectivity index (χ2n) is 15.2. The average molecular weight is 737 g/mol. The zero-order chi connectivity index (χ0) is 39.0. The Balaban J connectivity index is 0.000000756. The molecule has 12 nitrogen and oxygen atoms in total. The first-order chi connectivity index (χ1) is 24.2. The van der Waals surface area contributed by atoms with Gasteiger partial charge in [0.2, 0.25) is 0 Å². The number of rotatable bonds is 17. The minimum Gasteiger partial charge on any atom is -0.394 e. The molecular formula is C39H76O12. The highest BCUT2D eigenvalue weighted by molar-refractivity contribution is 4.92. The molecule has 51 heavy (non-hydrogen) atoms. The predicted molar refractivity (Wildman–Crippen MR) is 197 cm³/mol. The van der Waals surface area contributed by atoms with Crippen LogP contribution < -0.4 is 0 Å². The van der Waals surface area contributed by atoms with Gasteiger partial charge >= 0.3 is 0 Å². The van der Waals surface area contributed by atoms with E-state index < -0.39 is 11.6 Å². The third-order valence-corrected chi connectivity index (χ3v) is 11.5. The van der Waals surface area contributed by atoms with Crippen LogP contribution in [0.25, 0.3) is 0 Å². The van der Waals surface area contributed by atoms with Crippen molar-refractivity contribution >= 4 is 0 Å². The predicted octanol–water partition coefficient (Wildman–Crippen LogP) is 6.14. The normalized spacial score (nSPS) is 31.2. The summed E-state index contributed by atoms with van der Waals surface area (Å²) < 4.78 is 20.9. The molecule has 0 aromatic rings. The van der Waals surface area contributed by atoms with E-state index in [4.69, 9.17) is 39.7 Å². The summed E-state index contributed by atoms with van der Waals surface area (Å²) in [7, 11) is 1.55. The van der Waals surface area contributed by atoms with Crippen molar-refractivity contribution in [2.45, 2.75) is 149 Å². The summed E-state index contributed by atoms with van der Waals surface area (Å²) in [5.41, 5.74) is 0. The van der Waals surface area contributed by atoms with Crippen LogP contribution in [0.15, 0.2) is 0 Å². The fraction of sp³-hybridized carbons (Fsp3) is 0.949. The molecule has 0 aromatic heterocycles. The molecule has 0 spiro atoms. The minimum absolute atomic E-state index is 0.0417. The van der Waals surface area contributed by atoms with Gasteiger partial charge in [-0.25, -0.2) is 20.3 Å². The quantitative estimate of drug-likeness (QED) is 0.0331. The second-order valence-corrected chi connectivity index (χ2v) is 15.2. The molecule has 5 unspecified atom stereocenters. The molecule has 12 atom stereocenters. The van der Waals surface area contributed by atoms with Crippen LogP contribution in [-0.2, 0) is 28.7 Å². The van der Waals surface area contributed by atoms with E-state index in [0.717, 1.165) is 32.1 Å². The number of methoxy groups -OCH3 is 1. The van der Waals surface area contributed by atoms with Crippen molar-refractivity contribution in [2.75, 3.05) is 46.8 Å². The van der Waals surface area contributed by atoms with E-state index in [0.29, 0.717) is 68.4 Å². The third-order valence-electron chi connectivity index (χ3n) is 11.5. The molecule has 3 fully saturated rings. The van der Waals surface area contributed by atoms with Gasteiger partial charge in [0.25, 0.3) is 0 Å². The molecule has 1 saturated heterocycles. The summed E-state index contributed by atoms with van der Waals surface area (Å²) in [6.45, 7) is 15.5. The van der Waals surface area contributed by atoms with E-state index in [-0.39, 0.29) is 37.4 Å². The lowest BCUT2D eigenvalue weighted by Crippen LogP contribution is -2.43. The molecule has 12 heteroatoms. The number of aliphatic hydroxyl groups is 4. The molecule has 3 rings (SSSR count). The maximum Gasteiger partial charge on any atom is 0.198 e. The molecule has 2 aliphatic carbocycles. The van der Waals surface area contributed by atoms with Crippen molar-refractivity contribution in [3.05, 3.63) is 0 Å². The number of terminal acetylenes is 1. The van der Waals surface area contributed by atoms with Crippen molar-refractivity contribution in [3.8, 4) is 12.8 Å². The van der Waals surface area contributed by atoms with E-state index >= 15 is 0 Å². The average Bonchev–Trinajstić information content (AvgIpc) is 3.28. The first-order valence-electron chi connectivity index (χ1n) is 19.2. The Bertz CT molecular complexity index is 845. The van der Waals surface area contributed by atoms with E-state index in [1.54, 1.807) is 14.0 Å². The molecule has 304 valence electrons. The summed E-state index contributed by atoms with van der Waals surface area (Å²) >= 11 is 0. The zero-order valence-electron chi connectivity index (χ0n) is 33.1. The lowest BCUT2D eigenvalue weighted by molar-refractivity contribution is -0.407. The summed E-state index contributed by atoms with van der Waals surface area (Å²) in [4.78, 5) is 9.03. The van der Waals surface area contributed by atoms with Crippen LogP contribution >= 0.6 is 0 Å². The fourth-order valence-corrected chi connectivity index (χ4v) is 8.00. The molecule has 0 aromatic carbocycles. The number of fused-ring (bicyclic) bond motifs is 1. The molecule has 6 N–H and O–H groups in total. The van der Waals surface area contributed by atoms with Crippen LogP contribution in [0.4, 0.5) is 0 Å². The van der Waals surface area contributed by atoms with Gasteiger partial charge in [-0.3, -0.25) is 0 Å². The maximum atomic E-state index is 9.96. The van der Waals surface area contributed by atoms with Gasteiger partial charge in [0.1, 0.15) is 0 Å². The van der Waals surface area contributed by atoms with Crippen LogP contribution in [0.5, 0.6) is 0 Å². The standard InChI is InChI=1S/C16H30O4.C15H30O4.C6H14O4.C2H2/c1-10(11(2)17)14-7-5-6-13-8-9-16(4,20-18)19-12(3)15(13)14;1-11(12(2)16)14-7-5-6-13(10-14)8-9-15(3,18-4)19-17;7-1-3-9-5-6-10-4-2-8;1-2/h10-15,17-18H,5-9H2,1-4H3;11-14,16-17H,5-10H2,1-4H3;7-8H,1-6H2;1-2H/t10-,11+,12-,13?,14-,15?,16?;11-,12+,13?,14+,15?;;/m00../s1. The highest BCUT2D eigenvalue weighted by Gasteiger charge is 2.46. The highest BCUT2D eigenvalue weighted by atomic mass is 17.1. The van der Waals surface area contributed by atoms with Crippen LogP contribution in [0.2, 0.25) is 0 Å². The van der Waals surface area contributed by atoms with E-state index in [1.165, 1.54) is 32.1 Å². The summed E-state index contributed by atoms with van der Waals surface area (Å²) in [6.07, 6.45) is 19.4. The van der Waals surface area contributed by atoms with Crippen LogP contribution in [-0.4, -0.2) is 108 Å². The van der Waals surface area contributed by atoms with Crippen LogP contribution in [0.3, 0.4) is 0 Å². The van der Waals surface area contributed by atoms with Gasteiger partial charge in [0.05, 0.1) is 58.0 Å². The van der Waals surface area contributed by atoms with Gasteiger partial charge in [-0.2, -0.15) is 0 Å². The number of hydrogen-bond donors (Lipinski definition) is 6. The molecule has 0 amide bonds. The Morgan fingerprint density at radius 1 is 0.843 bits per heavy atom. The Labute approximate surface area is 309 Å². The van der Waals surface area contributed by atoms with Gasteiger partial charge in [0, 0.05) is 20.0 Å². The Kier molecular flexibility index (Phi) is 27.1. The molecular weight excluding hydrogens is 660 g/mol. The molecule has 1 heterocycles. The van der Waals surface area contributed by atoms with E-state index in [1.807, 2.05) is 20.8 Å². The van der Waals surface area contributed by atoms with E-state index in [9.17, 15) is 10.2 Å². The van der Waals surface area contributed by atoms with Gasteiger partial charge in [-0.1, -0.05) is 46.0 Å². The SMILES string of the molecule is C#C.COC(C)(CCC1CCC[C@@H]([C@@H](C)[C@@H](C)O)C1)OO.C[C@H]([C@@H]1CCCC2CCC(C)(OO)O[C@@H](C)C21)[C@@H](C)O.OCCOCCOCCO. The largest absolute Gasteiger partial charge is 0.394 e. The van der Waals surface area contributed by atoms with Crippen molar-refractivity contribution < 1.29 is 59.7 Å². The smallest absolute Gasteiger partial charge is 0.198 e. The van der Waals surface area contributed by atoms with Gasteiger partial charge in [-0.05, 0) is 102 Å². The number of hydrogen-bond acceptors (Lipinski definition) is 12.